The van der Waals surface area contributed by atoms with Crippen LogP contribution in [-0.4, -0.2) is 13.0 Å². The van der Waals surface area contributed by atoms with Gasteiger partial charge in [-0.15, -0.1) is 0 Å². The third-order valence-electron chi connectivity index (χ3n) is 1.53. The van der Waals surface area contributed by atoms with Crippen LogP contribution in [0.15, 0.2) is 29.2 Å². The van der Waals surface area contributed by atoms with Crippen molar-refractivity contribution in [2.45, 2.75) is 11.4 Å². The Bertz CT molecular complexity index is 394. The number of benzene rings is 1. The molecule has 7 heteroatoms. The smallest absolute Gasteiger partial charge is 0.744 e. The van der Waals surface area contributed by atoms with Crippen molar-refractivity contribution in [3.05, 3.63) is 29.8 Å². The molecule has 0 aliphatic rings. The first-order chi connectivity index (χ1) is 6.05. The predicted octanol–water partition coefficient (Wildman–Crippen LogP) is -3.44. The van der Waals surface area contributed by atoms with E-state index in [0.29, 0.717) is 5.56 Å². The van der Waals surface area contributed by atoms with E-state index in [1.165, 1.54) is 18.2 Å². The van der Waals surface area contributed by atoms with Crippen LogP contribution in [0.1, 0.15) is 5.56 Å². The van der Waals surface area contributed by atoms with Crippen LogP contribution in [0.3, 0.4) is 0 Å². The molecule has 0 aromatic heterocycles. The third-order valence-corrected chi connectivity index (χ3v) is 2.47. The molecule has 1 rings (SSSR count). The normalized spacial score (nSPS) is 10.7. The third kappa shape index (κ3) is 3.66. The second kappa shape index (κ2) is 5.82. The number of hydrazine groups is 1. The number of nitrogens with two attached hydrogens (primary N) is 1. The predicted molar refractivity (Wildman–Crippen MR) is 45.4 cm³/mol. The van der Waals surface area contributed by atoms with E-state index in [4.69, 9.17) is 5.84 Å². The molecule has 72 valence electrons. The van der Waals surface area contributed by atoms with E-state index in [1.807, 2.05) is 0 Å². The van der Waals surface area contributed by atoms with Crippen molar-refractivity contribution >= 4 is 10.1 Å². The van der Waals surface area contributed by atoms with Crippen molar-refractivity contribution in [2.24, 2.45) is 5.84 Å². The van der Waals surface area contributed by atoms with E-state index in [-0.39, 0.29) is 41.0 Å². The topological polar surface area (TPSA) is 95.2 Å². The summed E-state index contributed by atoms with van der Waals surface area (Å²) in [5.41, 5.74) is 2.67. The van der Waals surface area contributed by atoms with Crippen molar-refractivity contribution in [1.29, 1.82) is 0 Å². The summed E-state index contributed by atoms with van der Waals surface area (Å²) in [6.07, 6.45) is 0. The minimum Gasteiger partial charge on any atom is -0.744 e. The van der Waals surface area contributed by atoms with Crippen molar-refractivity contribution < 1.29 is 42.5 Å². The van der Waals surface area contributed by atoms with E-state index < -0.39 is 10.1 Å². The van der Waals surface area contributed by atoms with E-state index in [9.17, 15) is 13.0 Å². The molecule has 0 saturated heterocycles. The molecule has 0 atom stereocenters. The number of nitrogens with one attached hydrogen (secondary N) is 1. The molecule has 5 nitrogen and oxygen atoms in total. The summed E-state index contributed by atoms with van der Waals surface area (Å²) in [4.78, 5) is -0.229. The molecule has 14 heavy (non-hydrogen) atoms. The van der Waals surface area contributed by atoms with Gasteiger partial charge in [-0.2, -0.15) is 0 Å². The molecule has 1 aromatic carbocycles. The van der Waals surface area contributed by atoms with Crippen LogP contribution in [0.2, 0.25) is 0 Å². The monoisotopic (exact) mass is 224 g/mol. The molecule has 1 aromatic rings. The zero-order valence-corrected chi connectivity index (χ0v) is 10.5. The standard InChI is InChI=1S/C7H10N2O3S.Na/c8-9-5-6-3-1-2-4-7(6)13(10,11)12;/h1-4,9H,5,8H2,(H,10,11,12);/q;+1/p-1. The van der Waals surface area contributed by atoms with Crippen LogP contribution in [0, 0.1) is 0 Å². The molecule has 0 aliphatic heterocycles. The summed E-state index contributed by atoms with van der Waals surface area (Å²) in [6.45, 7) is 0.150. The van der Waals surface area contributed by atoms with Crippen molar-refractivity contribution in [3.8, 4) is 0 Å². The van der Waals surface area contributed by atoms with E-state index >= 15 is 0 Å². The van der Waals surface area contributed by atoms with Crippen LogP contribution < -0.4 is 40.8 Å². The first kappa shape index (κ1) is 14.1. The Hall–Kier alpha value is 0.0500. The van der Waals surface area contributed by atoms with Gasteiger partial charge in [0, 0.05) is 6.54 Å². The molecule has 0 amide bonds. The molecule has 0 fully saturated rings. The Morgan fingerprint density at radius 1 is 1.36 bits per heavy atom. The zero-order valence-electron chi connectivity index (χ0n) is 7.73. The van der Waals surface area contributed by atoms with Gasteiger partial charge >= 0.3 is 29.6 Å². The van der Waals surface area contributed by atoms with Gasteiger partial charge in [-0.05, 0) is 11.6 Å². The van der Waals surface area contributed by atoms with Crippen LogP contribution in [0.4, 0.5) is 0 Å². The fraction of sp³-hybridized carbons (Fsp3) is 0.143. The fourth-order valence-electron chi connectivity index (χ4n) is 1.00. The zero-order chi connectivity index (χ0) is 9.90. The van der Waals surface area contributed by atoms with Gasteiger partial charge in [-0.1, -0.05) is 18.2 Å². The Balaban J connectivity index is 0.00000169. The summed E-state index contributed by atoms with van der Waals surface area (Å²) in [5.74, 6) is 5.03. The molecular weight excluding hydrogens is 215 g/mol. The van der Waals surface area contributed by atoms with Crippen LogP contribution in [-0.2, 0) is 16.7 Å². The molecule has 0 radical (unpaired) electrons. The van der Waals surface area contributed by atoms with Crippen LogP contribution in [0.5, 0.6) is 0 Å². The summed E-state index contributed by atoms with van der Waals surface area (Å²) in [7, 11) is -4.40. The van der Waals surface area contributed by atoms with Gasteiger partial charge in [-0.3, -0.25) is 11.3 Å². The second-order valence-corrected chi connectivity index (χ2v) is 3.79. The maximum atomic E-state index is 10.7. The Morgan fingerprint density at radius 3 is 2.43 bits per heavy atom. The molecule has 3 N–H and O–H groups in total. The van der Waals surface area contributed by atoms with Gasteiger partial charge in [0.05, 0.1) is 4.90 Å². The maximum absolute atomic E-state index is 10.7. The first-order valence-electron chi connectivity index (χ1n) is 3.53. The average Bonchev–Trinajstić information content (AvgIpc) is 2.04. The largest absolute Gasteiger partial charge is 1.00 e. The minimum absolute atomic E-state index is 0. The minimum atomic E-state index is -4.40. The summed E-state index contributed by atoms with van der Waals surface area (Å²) >= 11 is 0. The SMILES string of the molecule is NNCc1ccccc1S(=O)(=O)[O-].[Na+]. The van der Waals surface area contributed by atoms with Gasteiger partial charge in [0.1, 0.15) is 10.1 Å². The molecule has 0 saturated carbocycles. The van der Waals surface area contributed by atoms with Gasteiger partial charge in [0.15, 0.2) is 0 Å². The summed E-state index contributed by atoms with van der Waals surface area (Å²) in [6, 6.07) is 5.92. The Labute approximate surface area is 105 Å². The fourth-order valence-corrected chi connectivity index (χ4v) is 1.71. The van der Waals surface area contributed by atoms with Gasteiger partial charge in [0.2, 0.25) is 0 Å². The van der Waals surface area contributed by atoms with Gasteiger partial charge in [-0.25, -0.2) is 8.42 Å². The van der Waals surface area contributed by atoms with E-state index in [0.717, 1.165) is 0 Å². The average molecular weight is 224 g/mol. The maximum Gasteiger partial charge on any atom is 1.00 e. The number of hydrogen-bond donors (Lipinski definition) is 2. The summed E-state index contributed by atoms with van der Waals surface area (Å²) < 4.78 is 32.1. The molecular formula is C7H9N2NaO3S. The first-order valence-corrected chi connectivity index (χ1v) is 4.94. The van der Waals surface area contributed by atoms with Gasteiger partial charge in [0.25, 0.3) is 0 Å². The Morgan fingerprint density at radius 2 is 1.93 bits per heavy atom. The molecule has 0 aliphatic carbocycles. The Kier molecular flexibility index (Phi) is 5.84. The molecule has 0 bridgehead atoms. The van der Waals surface area contributed by atoms with Crippen LogP contribution in [0.25, 0.3) is 0 Å². The van der Waals surface area contributed by atoms with Crippen molar-refractivity contribution in [3.63, 3.8) is 0 Å². The molecule has 0 heterocycles. The quantitative estimate of drug-likeness (QED) is 0.241. The van der Waals surface area contributed by atoms with Gasteiger partial charge < -0.3 is 4.55 Å². The van der Waals surface area contributed by atoms with E-state index in [2.05, 4.69) is 5.43 Å². The number of hydrogen-bond acceptors (Lipinski definition) is 5. The van der Waals surface area contributed by atoms with Crippen molar-refractivity contribution in [2.75, 3.05) is 0 Å². The molecule has 0 spiro atoms. The van der Waals surface area contributed by atoms with E-state index in [1.54, 1.807) is 6.07 Å². The van der Waals surface area contributed by atoms with Crippen LogP contribution >= 0.6 is 0 Å². The molecule has 0 unspecified atom stereocenters. The number of rotatable bonds is 3. The van der Waals surface area contributed by atoms with Crippen molar-refractivity contribution in [1.82, 2.24) is 5.43 Å². The summed E-state index contributed by atoms with van der Waals surface area (Å²) in [5, 5.41) is 0. The second-order valence-electron chi connectivity index (χ2n) is 2.44.